The van der Waals surface area contributed by atoms with E-state index in [1.54, 1.807) is 11.0 Å². The first-order valence-corrected chi connectivity index (χ1v) is 6.85. The molecule has 96 valence electrons. The molecule has 0 bridgehead atoms. The van der Waals surface area contributed by atoms with E-state index in [9.17, 15) is 9.59 Å². The van der Waals surface area contributed by atoms with Crippen molar-refractivity contribution in [3.63, 3.8) is 0 Å². The fourth-order valence-electron chi connectivity index (χ4n) is 1.83. The summed E-state index contributed by atoms with van der Waals surface area (Å²) < 4.78 is 0. The van der Waals surface area contributed by atoms with E-state index >= 15 is 0 Å². The molecule has 1 aromatic heterocycles. The van der Waals surface area contributed by atoms with E-state index in [0.29, 0.717) is 24.5 Å². The molecule has 1 fully saturated rings. The minimum atomic E-state index is 0.0129. The smallest absolute Gasteiger partial charge is 0.228 e. The largest absolute Gasteiger partial charge is 0.296 e. The summed E-state index contributed by atoms with van der Waals surface area (Å²) in [6, 6.07) is 1.66. The third kappa shape index (κ3) is 3.20. The second-order valence-electron chi connectivity index (χ2n) is 4.06. The van der Waals surface area contributed by atoms with E-state index in [2.05, 4.69) is 9.97 Å². The Morgan fingerprint density at radius 2 is 2.44 bits per heavy atom. The highest BCUT2D eigenvalue weighted by molar-refractivity contribution is 8.13. The number of hydrogen-bond acceptors (Lipinski definition) is 5. The van der Waals surface area contributed by atoms with Crippen molar-refractivity contribution in [2.45, 2.75) is 13.3 Å². The molecule has 2 heterocycles. The number of carbonyl (C=O) groups is 2. The molecule has 2 rings (SSSR count). The van der Waals surface area contributed by atoms with Crippen LogP contribution in [0.1, 0.15) is 13.3 Å². The minimum absolute atomic E-state index is 0.0129. The molecule has 0 aromatic carbocycles. The molecule has 7 heteroatoms. The summed E-state index contributed by atoms with van der Waals surface area (Å²) in [7, 11) is 0. The molecule has 0 saturated carbocycles. The Hall–Kier alpha value is -1.14. The van der Waals surface area contributed by atoms with Crippen molar-refractivity contribution in [2.75, 3.05) is 17.2 Å². The van der Waals surface area contributed by atoms with E-state index in [1.807, 2.05) is 0 Å². The van der Waals surface area contributed by atoms with Gasteiger partial charge in [-0.25, -0.2) is 9.97 Å². The van der Waals surface area contributed by atoms with Gasteiger partial charge in [0.25, 0.3) is 0 Å². The average molecular weight is 286 g/mol. The molecule has 0 radical (unpaired) electrons. The quantitative estimate of drug-likeness (QED) is 0.792. The molecule has 1 unspecified atom stereocenters. The van der Waals surface area contributed by atoms with Gasteiger partial charge in [-0.1, -0.05) is 11.8 Å². The van der Waals surface area contributed by atoms with Crippen LogP contribution in [-0.4, -0.2) is 33.3 Å². The lowest BCUT2D eigenvalue weighted by molar-refractivity contribution is -0.117. The van der Waals surface area contributed by atoms with Crippen LogP contribution in [0.5, 0.6) is 0 Å². The highest BCUT2D eigenvalue weighted by Gasteiger charge is 2.31. The molecule has 1 aliphatic rings. The van der Waals surface area contributed by atoms with Crippen molar-refractivity contribution in [3.05, 3.63) is 17.5 Å². The van der Waals surface area contributed by atoms with Crippen LogP contribution >= 0.6 is 23.4 Å². The number of anilines is 1. The van der Waals surface area contributed by atoms with Crippen LogP contribution in [0.25, 0.3) is 0 Å². The van der Waals surface area contributed by atoms with Gasteiger partial charge in [-0.15, -0.1) is 0 Å². The van der Waals surface area contributed by atoms with Gasteiger partial charge in [0.1, 0.15) is 5.82 Å². The average Bonchev–Trinajstić information content (AvgIpc) is 2.68. The second-order valence-corrected chi connectivity index (χ2v) is 5.60. The van der Waals surface area contributed by atoms with Gasteiger partial charge in [0, 0.05) is 31.8 Å². The monoisotopic (exact) mass is 285 g/mol. The first-order valence-electron chi connectivity index (χ1n) is 5.48. The van der Waals surface area contributed by atoms with Gasteiger partial charge in [0.15, 0.2) is 5.12 Å². The maximum Gasteiger partial charge on any atom is 0.228 e. The molecule has 0 spiro atoms. The molecule has 0 aliphatic carbocycles. The van der Waals surface area contributed by atoms with Crippen molar-refractivity contribution < 1.29 is 9.59 Å². The molecular weight excluding hydrogens is 274 g/mol. The molecule has 1 saturated heterocycles. The Kier molecular flexibility index (Phi) is 4.19. The summed E-state index contributed by atoms with van der Waals surface area (Å²) in [5.74, 6) is 1.38. The number of amides is 1. The van der Waals surface area contributed by atoms with Crippen LogP contribution in [0.3, 0.4) is 0 Å². The summed E-state index contributed by atoms with van der Waals surface area (Å²) >= 11 is 6.96. The number of nitrogens with zero attached hydrogens (tertiary/aromatic N) is 3. The SMILES string of the molecule is CC(=O)SCC1CC(=O)N(c2ccnc(Cl)n2)C1. The zero-order chi connectivity index (χ0) is 13.1. The Balaban J connectivity index is 2.03. The minimum Gasteiger partial charge on any atom is -0.296 e. The number of halogens is 1. The van der Waals surface area contributed by atoms with E-state index in [0.717, 1.165) is 0 Å². The van der Waals surface area contributed by atoms with Gasteiger partial charge in [-0.3, -0.25) is 14.5 Å². The van der Waals surface area contributed by atoms with E-state index in [4.69, 9.17) is 11.6 Å². The highest BCUT2D eigenvalue weighted by atomic mass is 35.5. The van der Waals surface area contributed by atoms with Crippen molar-refractivity contribution in [1.82, 2.24) is 9.97 Å². The molecule has 18 heavy (non-hydrogen) atoms. The third-order valence-corrected chi connectivity index (χ3v) is 3.84. The molecule has 1 atom stereocenters. The first kappa shape index (κ1) is 13.3. The summed E-state index contributed by atoms with van der Waals surface area (Å²) in [6.45, 7) is 2.11. The molecule has 5 nitrogen and oxygen atoms in total. The van der Waals surface area contributed by atoms with Crippen molar-refractivity contribution >= 4 is 40.2 Å². The van der Waals surface area contributed by atoms with Crippen molar-refractivity contribution in [2.24, 2.45) is 5.92 Å². The summed E-state index contributed by atoms with van der Waals surface area (Å²) in [5, 5.41) is 0.202. The summed E-state index contributed by atoms with van der Waals surface area (Å²) in [4.78, 5) is 32.2. The predicted octanol–water partition coefficient (Wildman–Crippen LogP) is 1.76. The van der Waals surface area contributed by atoms with Crippen LogP contribution < -0.4 is 4.90 Å². The lowest BCUT2D eigenvalue weighted by Gasteiger charge is -2.15. The van der Waals surface area contributed by atoms with Gasteiger partial charge >= 0.3 is 0 Å². The van der Waals surface area contributed by atoms with Gasteiger partial charge in [-0.05, 0) is 23.6 Å². The lowest BCUT2D eigenvalue weighted by atomic mass is 10.1. The van der Waals surface area contributed by atoms with Gasteiger partial charge in [0.05, 0.1) is 0 Å². The molecular formula is C11H12ClN3O2S. The van der Waals surface area contributed by atoms with Crippen molar-refractivity contribution in [1.29, 1.82) is 0 Å². The van der Waals surface area contributed by atoms with Gasteiger partial charge in [-0.2, -0.15) is 0 Å². The van der Waals surface area contributed by atoms with E-state index in [1.165, 1.54) is 24.9 Å². The normalized spacial score (nSPS) is 19.3. The number of rotatable bonds is 3. The standard InChI is InChI=1S/C11H12ClN3O2S/c1-7(16)18-6-8-4-10(17)15(5-8)9-2-3-13-11(12)14-9/h2-3,8H,4-6H2,1H3. The zero-order valence-electron chi connectivity index (χ0n) is 9.80. The maximum absolute atomic E-state index is 11.9. The number of aromatic nitrogens is 2. The topological polar surface area (TPSA) is 63.2 Å². The number of thioether (sulfide) groups is 1. The predicted molar refractivity (Wildman–Crippen MR) is 70.6 cm³/mol. The number of carbonyl (C=O) groups excluding carboxylic acids is 2. The van der Waals surface area contributed by atoms with Gasteiger partial charge < -0.3 is 0 Å². The van der Waals surface area contributed by atoms with E-state index in [-0.39, 0.29) is 22.2 Å². The Bertz CT molecular complexity index is 483. The highest BCUT2D eigenvalue weighted by Crippen LogP contribution is 2.26. The lowest BCUT2D eigenvalue weighted by Crippen LogP contribution is -2.25. The maximum atomic E-state index is 11.9. The Morgan fingerprint density at radius 1 is 1.67 bits per heavy atom. The second kappa shape index (κ2) is 5.67. The van der Waals surface area contributed by atoms with Crippen LogP contribution in [0.15, 0.2) is 12.3 Å². The van der Waals surface area contributed by atoms with Crippen LogP contribution in [-0.2, 0) is 9.59 Å². The molecule has 1 amide bonds. The van der Waals surface area contributed by atoms with Crippen LogP contribution in [0.2, 0.25) is 5.28 Å². The fraction of sp³-hybridized carbons (Fsp3) is 0.455. The van der Waals surface area contributed by atoms with Gasteiger partial charge in [0.2, 0.25) is 11.2 Å². The molecule has 0 N–H and O–H groups in total. The van der Waals surface area contributed by atoms with E-state index < -0.39 is 0 Å². The fourth-order valence-corrected chi connectivity index (χ4v) is 2.66. The third-order valence-electron chi connectivity index (χ3n) is 2.62. The Morgan fingerprint density at radius 3 is 3.11 bits per heavy atom. The molecule has 1 aromatic rings. The van der Waals surface area contributed by atoms with Crippen molar-refractivity contribution in [3.8, 4) is 0 Å². The Labute approximate surface area is 114 Å². The summed E-state index contributed by atoms with van der Waals surface area (Å²) in [5.41, 5.74) is 0. The first-order chi connectivity index (χ1) is 8.56. The number of hydrogen-bond donors (Lipinski definition) is 0. The zero-order valence-corrected chi connectivity index (χ0v) is 11.4. The molecule has 1 aliphatic heterocycles. The van der Waals surface area contributed by atoms with Crippen LogP contribution in [0.4, 0.5) is 5.82 Å². The summed E-state index contributed by atoms with van der Waals surface area (Å²) in [6.07, 6.45) is 1.97. The van der Waals surface area contributed by atoms with Crippen LogP contribution in [0, 0.1) is 5.92 Å².